The highest BCUT2D eigenvalue weighted by atomic mass is 29.1. The van der Waals surface area contributed by atoms with Crippen molar-refractivity contribution in [1.29, 1.82) is 0 Å². The monoisotopic (exact) mass is 114 g/mol. The van der Waals surface area contributed by atoms with Gasteiger partial charge in [0.1, 0.15) is 0 Å². The molecule has 2 heteroatoms. The zero-order valence-electron chi connectivity index (χ0n) is 3.98. The molecule has 0 aliphatic rings. The molecule has 34 valence electrons. The molecule has 0 N–H and O–H groups in total. The van der Waals surface area contributed by atoms with Gasteiger partial charge in [0.25, 0.3) is 0 Å². The Morgan fingerprint density at radius 3 is 1.50 bits per heavy atom. The number of hydrogen-bond acceptors (Lipinski definition) is 0. The Morgan fingerprint density at radius 1 is 1.00 bits per heavy atom. The molecule has 0 aliphatic heterocycles. The third-order valence-corrected chi connectivity index (χ3v) is 5.17. The van der Waals surface area contributed by atoms with Crippen LogP contribution < -0.4 is 0 Å². The van der Waals surface area contributed by atoms with E-state index in [1.54, 1.807) is 0 Å². The van der Waals surface area contributed by atoms with Gasteiger partial charge in [-0.25, -0.2) is 0 Å². The van der Waals surface area contributed by atoms with Crippen LogP contribution in [0.25, 0.3) is 0 Å². The first kappa shape index (κ1) is 5.91. The molecule has 6 heavy (non-hydrogen) atoms. The van der Waals surface area contributed by atoms with Crippen molar-refractivity contribution >= 4 is 18.1 Å². The fraction of sp³-hybridized carbons (Fsp3) is 0. The van der Waals surface area contributed by atoms with Crippen LogP contribution in [-0.4, -0.2) is 18.1 Å². The molecule has 0 fully saturated rings. The Bertz CT molecular complexity index is 41.5. The average Bonchev–Trinajstić information content (AvgIpc) is 1.61. The Morgan fingerprint density at radius 2 is 1.33 bits per heavy atom. The minimum atomic E-state index is 0.206. The topological polar surface area (TPSA) is 0 Å². The first-order chi connectivity index (χ1) is 2.91. The summed E-state index contributed by atoms with van der Waals surface area (Å²) in [5.74, 6) is 0. The van der Waals surface area contributed by atoms with Gasteiger partial charge in [-0.3, -0.25) is 0 Å². The molecular weight excluding hydrogens is 104 g/mol. The van der Waals surface area contributed by atoms with E-state index in [-0.39, 0.29) is 18.1 Å². The van der Waals surface area contributed by atoms with Crippen LogP contribution in [0, 0.1) is 0 Å². The second-order valence-electron chi connectivity index (χ2n) is 1.15. The lowest BCUT2D eigenvalue weighted by Gasteiger charge is -1.73. The molecule has 0 aromatic carbocycles. The highest BCUT2D eigenvalue weighted by Gasteiger charge is 1.69. The Hall–Kier alpha value is -0.0862. The van der Waals surface area contributed by atoms with Gasteiger partial charge in [0.05, 0.1) is 0 Å². The summed E-state index contributed by atoms with van der Waals surface area (Å²) < 4.78 is 0. The molecule has 0 amide bonds. The van der Waals surface area contributed by atoms with Crippen LogP contribution in [0.5, 0.6) is 0 Å². The first-order valence-electron chi connectivity index (χ1n) is 2.13. The Labute approximate surface area is 43.4 Å². The maximum atomic E-state index is 3.65. The van der Waals surface area contributed by atoms with Gasteiger partial charge < -0.3 is 0 Å². The smallest absolute Gasteiger partial charge is 0.0370 e. The van der Waals surface area contributed by atoms with Gasteiger partial charge in [-0.1, -0.05) is 0 Å². The number of hydrogen-bond donors (Lipinski definition) is 0. The van der Waals surface area contributed by atoms with E-state index in [2.05, 4.69) is 24.6 Å². The standard InChI is InChI=1S/C4H10Si2/c1-3-5-6-4-2/h3-4H,1-2,5-6H2. The lowest BCUT2D eigenvalue weighted by molar-refractivity contribution is 2.54. The lowest BCUT2D eigenvalue weighted by atomic mass is 11.3. The van der Waals surface area contributed by atoms with Gasteiger partial charge in [0.15, 0.2) is 0 Å². The SMILES string of the molecule is C=C[SiH2][SiH2]C=C. The highest BCUT2D eigenvalue weighted by molar-refractivity contribution is 7.05. The third-order valence-electron chi connectivity index (χ3n) is 0.575. The maximum Gasteiger partial charge on any atom is 0.0370 e. The van der Waals surface area contributed by atoms with E-state index < -0.39 is 0 Å². The second kappa shape index (κ2) is 4.91. The fourth-order valence-electron chi connectivity index (χ4n) is 0.236. The van der Waals surface area contributed by atoms with E-state index >= 15 is 0 Å². The average molecular weight is 114 g/mol. The van der Waals surface area contributed by atoms with Crippen molar-refractivity contribution in [2.24, 2.45) is 0 Å². The molecule has 0 saturated carbocycles. The van der Waals surface area contributed by atoms with Crippen molar-refractivity contribution < 1.29 is 0 Å². The number of rotatable bonds is 3. The summed E-state index contributed by atoms with van der Waals surface area (Å²) >= 11 is 0. The summed E-state index contributed by atoms with van der Waals surface area (Å²) in [6.07, 6.45) is 0. The summed E-state index contributed by atoms with van der Waals surface area (Å²) in [5, 5.41) is 0. The van der Waals surface area contributed by atoms with Crippen LogP contribution >= 0.6 is 0 Å². The summed E-state index contributed by atoms with van der Waals surface area (Å²) in [6, 6.07) is 0. The largest absolute Gasteiger partial charge is 0.111 e. The van der Waals surface area contributed by atoms with Crippen LogP contribution in [0.1, 0.15) is 0 Å². The zero-order chi connectivity index (χ0) is 4.83. The van der Waals surface area contributed by atoms with E-state index in [1.807, 2.05) is 0 Å². The second-order valence-corrected chi connectivity index (χ2v) is 6.93. The molecule has 0 saturated heterocycles. The molecular formula is C4H10Si2. The van der Waals surface area contributed by atoms with Gasteiger partial charge in [-0.15, -0.1) is 24.6 Å². The predicted molar refractivity (Wildman–Crippen MR) is 37.5 cm³/mol. The van der Waals surface area contributed by atoms with Gasteiger partial charge in [-0.2, -0.15) is 0 Å². The van der Waals surface area contributed by atoms with E-state index in [9.17, 15) is 0 Å². The van der Waals surface area contributed by atoms with Crippen LogP contribution in [0.4, 0.5) is 0 Å². The normalized spacial score (nSPS) is 11.3. The Balaban J connectivity index is 2.66. The van der Waals surface area contributed by atoms with E-state index in [0.717, 1.165) is 0 Å². The summed E-state index contributed by atoms with van der Waals surface area (Å²) in [5.41, 5.74) is 4.18. The molecule has 0 spiro atoms. The van der Waals surface area contributed by atoms with Crippen molar-refractivity contribution in [2.75, 3.05) is 0 Å². The molecule has 0 rings (SSSR count). The summed E-state index contributed by atoms with van der Waals surface area (Å²) in [6.45, 7) is 7.29. The molecule has 0 atom stereocenters. The van der Waals surface area contributed by atoms with Crippen molar-refractivity contribution in [3.63, 3.8) is 0 Å². The van der Waals surface area contributed by atoms with Crippen molar-refractivity contribution in [1.82, 2.24) is 0 Å². The van der Waals surface area contributed by atoms with E-state index in [1.165, 1.54) is 0 Å². The van der Waals surface area contributed by atoms with Crippen molar-refractivity contribution in [2.45, 2.75) is 0 Å². The summed E-state index contributed by atoms with van der Waals surface area (Å²) in [7, 11) is 0.413. The van der Waals surface area contributed by atoms with Gasteiger partial charge in [0.2, 0.25) is 0 Å². The van der Waals surface area contributed by atoms with Crippen molar-refractivity contribution in [3.8, 4) is 0 Å². The summed E-state index contributed by atoms with van der Waals surface area (Å²) in [4.78, 5) is 0. The quantitative estimate of drug-likeness (QED) is 0.344. The maximum absolute atomic E-state index is 3.65. The van der Waals surface area contributed by atoms with Crippen molar-refractivity contribution in [3.05, 3.63) is 24.6 Å². The molecule has 0 unspecified atom stereocenters. The molecule has 0 aromatic rings. The molecule has 0 aliphatic carbocycles. The van der Waals surface area contributed by atoms with Gasteiger partial charge >= 0.3 is 0 Å². The van der Waals surface area contributed by atoms with Crippen LogP contribution in [0.15, 0.2) is 24.6 Å². The fourth-order valence-corrected chi connectivity index (χ4v) is 2.12. The molecule has 0 bridgehead atoms. The Kier molecular flexibility index (Phi) is 4.84. The highest BCUT2D eigenvalue weighted by Crippen LogP contribution is 1.57. The third kappa shape index (κ3) is 3.91. The van der Waals surface area contributed by atoms with Crippen LogP contribution in [-0.2, 0) is 0 Å². The van der Waals surface area contributed by atoms with E-state index in [4.69, 9.17) is 0 Å². The minimum absolute atomic E-state index is 0.206. The molecule has 0 radical (unpaired) electrons. The van der Waals surface area contributed by atoms with Crippen LogP contribution in [0.2, 0.25) is 0 Å². The predicted octanol–water partition coefficient (Wildman–Crippen LogP) is -0.474. The molecule has 0 nitrogen and oxygen atoms in total. The molecule has 0 heterocycles. The molecule has 0 aromatic heterocycles. The van der Waals surface area contributed by atoms with Gasteiger partial charge in [0, 0.05) is 18.1 Å². The van der Waals surface area contributed by atoms with Crippen LogP contribution in [0.3, 0.4) is 0 Å². The minimum Gasteiger partial charge on any atom is -0.111 e. The first-order valence-corrected chi connectivity index (χ1v) is 7.77. The zero-order valence-corrected chi connectivity index (χ0v) is 6.81. The van der Waals surface area contributed by atoms with Gasteiger partial charge in [-0.05, 0) is 0 Å². The van der Waals surface area contributed by atoms with E-state index in [0.29, 0.717) is 0 Å². The lowest BCUT2D eigenvalue weighted by Crippen LogP contribution is -1.92.